The van der Waals surface area contributed by atoms with Gasteiger partial charge in [0.25, 0.3) is 0 Å². The third kappa shape index (κ3) is 3.13. The summed E-state index contributed by atoms with van der Waals surface area (Å²) in [5.41, 5.74) is 9.36. The van der Waals surface area contributed by atoms with E-state index >= 15 is 0 Å². The van der Waals surface area contributed by atoms with E-state index in [1.807, 2.05) is 28.8 Å². The van der Waals surface area contributed by atoms with Gasteiger partial charge in [0, 0.05) is 24.2 Å². The first-order chi connectivity index (χ1) is 11.1. The number of fused-ring (bicyclic) bond motifs is 1. The molecule has 0 aliphatic carbocycles. The van der Waals surface area contributed by atoms with Crippen LogP contribution in [0, 0.1) is 12.7 Å². The fourth-order valence-corrected chi connectivity index (χ4v) is 2.76. The number of rotatable bonds is 5. The zero-order chi connectivity index (χ0) is 16.4. The molecule has 3 aromatic rings. The Morgan fingerprint density at radius 3 is 2.61 bits per heavy atom. The van der Waals surface area contributed by atoms with Crippen LogP contribution in [0.15, 0.2) is 42.5 Å². The van der Waals surface area contributed by atoms with Gasteiger partial charge in [-0.3, -0.25) is 4.57 Å². The van der Waals surface area contributed by atoms with Crippen molar-refractivity contribution in [2.75, 3.05) is 0 Å². The lowest BCUT2D eigenvalue weighted by atomic mass is 10.1. The summed E-state index contributed by atoms with van der Waals surface area (Å²) in [6, 6.07) is 12.4. The number of imidazole rings is 1. The Hall–Kier alpha value is -2.20. The molecule has 3 rings (SSSR count). The van der Waals surface area contributed by atoms with E-state index < -0.39 is 0 Å². The van der Waals surface area contributed by atoms with Crippen LogP contribution in [0.2, 0.25) is 0 Å². The molecule has 3 nitrogen and oxygen atoms in total. The molecule has 2 aromatic carbocycles. The van der Waals surface area contributed by atoms with E-state index in [1.54, 1.807) is 12.1 Å². The maximum atomic E-state index is 13.7. The van der Waals surface area contributed by atoms with Crippen molar-refractivity contribution in [3.05, 3.63) is 66.6 Å². The lowest BCUT2D eigenvalue weighted by molar-refractivity contribution is 0.629. The van der Waals surface area contributed by atoms with Crippen LogP contribution in [0.1, 0.15) is 37.2 Å². The van der Waals surface area contributed by atoms with Crippen molar-refractivity contribution in [1.82, 2.24) is 9.55 Å². The molecule has 0 spiro atoms. The van der Waals surface area contributed by atoms with Crippen molar-refractivity contribution in [3.63, 3.8) is 0 Å². The Labute approximate surface area is 136 Å². The minimum atomic E-state index is -0.253. The maximum absolute atomic E-state index is 13.7. The molecule has 0 saturated carbocycles. The number of hydrogen-bond donors (Lipinski definition) is 1. The molecule has 1 atom stereocenters. The van der Waals surface area contributed by atoms with Crippen molar-refractivity contribution >= 4 is 11.0 Å². The summed E-state index contributed by atoms with van der Waals surface area (Å²) < 4.78 is 15.7. The van der Waals surface area contributed by atoms with E-state index in [4.69, 9.17) is 5.73 Å². The van der Waals surface area contributed by atoms with Crippen LogP contribution < -0.4 is 5.73 Å². The molecule has 119 valence electrons. The Morgan fingerprint density at radius 1 is 1.22 bits per heavy atom. The van der Waals surface area contributed by atoms with Gasteiger partial charge >= 0.3 is 0 Å². The maximum Gasteiger partial charge on any atom is 0.125 e. The Bertz CT molecular complexity index is 803. The molecule has 0 amide bonds. The quantitative estimate of drug-likeness (QED) is 0.762. The van der Waals surface area contributed by atoms with Gasteiger partial charge < -0.3 is 5.73 Å². The fraction of sp³-hybridized carbons (Fsp3) is 0.263. The van der Waals surface area contributed by atoms with Gasteiger partial charge in [0.15, 0.2) is 0 Å². The number of benzene rings is 2. The summed E-state index contributed by atoms with van der Waals surface area (Å²) in [5.74, 6) is 0.705. The second-order valence-corrected chi connectivity index (χ2v) is 5.80. The second kappa shape index (κ2) is 6.50. The summed E-state index contributed by atoms with van der Waals surface area (Å²) in [7, 11) is 0. The number of aromatic nitrogens is 2. The number of hydrogen-bond acceptors (Lipinski definition) is 2. The highest BCUT2D eigenvalue weighted by Crippen LogP contribution is 2.24. The SMILES string of the molecule is [CH2]C(N)c1ccc(-n2c(CCCC)nc3ccc(F)cc32)cc1. The van der Waals surface area contributed by atoms with Crippen LogP contribution in [0.25, 0.3) is 16.7 Å². The molecule has 2 N–H and O–H groups in total. The minimum absolute atomic E-state index is 0.249. The molecule has 1 aromatic heterocycles. The number of nitrogens with two attached hydrogens (primary N) is 1. The van der Waals surface area contributed by atoms with E-state index in [2.05, 4.69) is 18.8 Å². The Kier molecular flexibility index (Phi) is 4.44. The van der Waals surface area contributed by atoms with Crippen molar-refractivity contribution in [3.8, 4) is 5.69 Å². The summed E-state index contributed by atoms with van der Waals surface area (Å²) in [5, 5.41) is 0. The predicted octanol–water partition coefficient (Wildman–Crippen LogP) is 4.34. The van der Waals surface area contributed by atoms with Gasteiger partial charge in [-0.05, 0) is 43.2 Å². The van der Waals surface area contributed by atoms with Crippen LogP contribution in [0.5, 0.6) is 0 Å². The van der Waals surface area contributed by atoms with Crippen LogP contribution in [0.4, 0.5) is 4.39 Å². The lowest BCUT2D eigenvalue weighted by Gasteiger charge is -2.11. The van der Waals surface area contributed by atoms with Gasteiger partial charge in [0.2, 0.25) is 0 Å². The average molecular weight is 310 g/mol. The first-order valence-corrected chi connectivity index (χ1v) is 7.96. The first kappa shape index (κ1) is 15.7. The van der Waals surface area contributed by atoms with Crippen LogP contribution in [-0.4, -0.2) is 9.55 Å². The van der Waals surface area contributed by atoms with E-state index in [0.29, 0.717) is 0 Å². The summed E-state index contributed by atoms with van der Waals surface area (Å²) in [4.78, 5) is 4.68. The van der Waals surface area contributed by atoms with Crippen molar-refractivity contribution in [2.24, 2.45) is 5.73 Å². The van der Waals surface area contributed by atoms with Gasteiger partial charge in [-0.25, -0.2) is 9.37 Å². The fourth-order valence-electron chi connectivity index (χ4n) is 2.76. The van der Waals surface area contributed by atoms with Crippen LogP contribution >= 0.6 is 0 Å². The minimum Gasteiger partial charge on any atom is -0.324 e. The average Bonchev–Trinajstić information content (AvgIpc) is 2.90. The number of aryl methyl sites for hydroxylation is 1. The molecule has 0 saturated heterocycles. The molecule has 0 aliphatic heterocycles. The molecular formula is C19H21FN3. The first-order valence-electron chi connectivity index (χ1n) is 7.96. The standard InChI is InChI=1S/C19H21FN3/c1-3-4-5-19-22-17-11-8-15(20)12-18(17)23(19)16-9-6-14(7-10-16)13(2)21/h6-13H,2-5,21H2,1H3. The largest absolute Gasteiger partial charge is 0.324 e. The van der Waals surface area contributed by atoms with E-state index in [-0.39, 0.29) is 11.9 Å². The smallest absolute Gasteiger partial charge is 0.125 e. The van der Waals surface area contributed by atoms with Crippen molar-refractivity contribution in [1.29, 1.82) is 0 Å². The monoisotopic (exact) mass is 310 g/mol. The van der Waals surface area contributed by atoms with Gasteiger partial charge in [-0.2, -0.15) is 0 Å². The number of nitrogens with zero attached hydrogens (tertiary/aromatic N) is 2. The summed E-state index contributed by atoms with van der Waals surface area (Å²) >= 11 is 0. The highest BCUT2D eigenvalue weighted by Gasteiger charge is 2.13. The Balaban J connectivity index is 2.14. The number of halogens is 1. The lowest BCUT2D eigenvalue weighted by Crippen LogP contribution is -2.06. The third-order valence-corrected chi connectivity index (χ3v) is 4.02. The van der Waals surface area contributed by atoms with Gasteiger partial charge in [0.1, 0.15) is 11.6 Å². The zero-order valence-electron chi connectivity index (χ0n) is 13.3. The Morgan fingerprint density at radius 2 is 1.96 bits per heavy atom. The van der Waals surface area contributed by atoms with Crippen LogP contribution in [0.3, 0.4) is 0 Å². The summed E-state index contributed by atoms with van der Waals surface area (Å²) in [6.45, 7) is 5.98. The molecule has 23 heavy (non-hydrogen) atoms. The van der Waals surface area contributed by atoms with Gasteiger partial charge in [-0.15, -0.1) is 0 Å². The molecule has 0 fully saturated rings. The predicted molar refractivity (Wildman–Crippen MR) is 91.9 cm³/mol. The van der Waals surface area contributed by atoms with E-state index in [9.17, 15) is 4.39 Å². The third-order valence-electron chi connectivity index (χ3n) is 4.02. The molecule has 1 radical (unpaired) electrons. The highest BCUT2D eigenvalue weighted by atomic mass is 19.1. The molecule has 0 aliphatic rings. The topological polar surface area (TPSA) is 43.8 Å². The number of unbranched alkanes of at least 4 members (excludes halogenated alkanes) is 1. The zero-order valence-corrected chi connectivity index (χ0v) is 13.3. The van der Waals surface area contributed by atoms with E-state index in [0.717, 1.165) is 47.4 Å². The molecule has 1 unspecified atom stereocenters. The van der Waals surface area contributed by atoms with Gasteiger partial charge in [-0.1, -0.05) is 25.5 Å². The van der Waals surface area contributed by atoms with Gasteiger partial charge in [0.05, 0.1) is 11.0 Å². The van der Waals surface area contributed by atoms with Crippen molar-refractivity contribution in [2.45, 2.75) is 32.2 Å². The normalized spacial score (nSPS) is 12.7. The highest BCUT2D eigenvalue weighted by molar-refractivity contribution is 5.78. The van der Waals surface area contributed by atoms with E-state index in [1.165, 1.54) is 6.07 Å². The van der Waals surface area contributed by atoms with Crippen molar-refractivity contribution < 1.29 is 4.39 Å². The molecule has 4 heteroatoms. The molecule has 1 heterocycles. The summed E-state index contributed by atoms with van der Waals surface area (Å²) in [6.07, 6.45) is 3.00. The van der Waals surface area contributed by atoms with Crippen LogP contribution in [-0.2, 0) is 6.42 Å². The molecule has 0 bridgehead atoms. The second-order valence-electron chi connectivity index (χ2n) is 5.80. The molecular weight excluding hydrogens is 289 g/mol.